The Labute approximate surface area is 546 Å². The van der Waals surface area contributed by atoms with Crippen molar-refractivity contribution in [1.82, 2.24) is 25.9 Å². The minimum absolute atomic E-state index is 0. The number of benzene rings is 6. The highest BCUT2D eigenvalue weighted by Crippen LogP contribution is 2.38. The molecule has 3 aliphatic rings. The number of para-hydroxylation sites is 2. The fraction of sp³-hybridized carbons (Fsp3) is 0.324. The summed E-state index contributed by atoms with van der Waals surface area (Å²) in [6.07, 6.45) is 12.2. The number of amides is 4. The number of halogens is 1. The Morgan fingerprint density at radius 1 is 0.593 bits per heavy atom. The molecule has 0 unspecified atom stereocenters. The van der Waals surface area contributed by atoms with Crippen LogP contribution in [0.15, 0.2) is 146 Å². The zero-order chi connectivity index (χ0) is 63.7. The lowest BCUT2D eigenvalue weighted by Gasteiger charge is -2.12. The van der Waals surface area contributed by atoms with Crippen molar-refractivity contribution in [2.75, 3.05) is 63.0 Å². The first-order chi connectivity index (χ1) is 43.7. The van der Waals surface area contributed by atoms with Gasteiger partial charge in [-0.25, -0.2) is 9.97 Å². The minimum atomic E-state index is -3.44. The summed E-state index contributed by atoms with van der Waals surface area (Å²) in [5.41, 5.74) is 4.46. The number of fused-ring (bicyclic) bond motifs is 4. The first-order valence-electron chi connectivity index (χ1n) is 30.2. The maximum Gasteiger partial charge on any atom is 0.264 e. The van der Waals surface area contributed by atoms with Gasteiger partial charge in [-0.2, -0.15) is 8.42 Å². The summed E-state index contributed by atoms with van der Waals surface area (Å²) in [7, 11) is -3.44. The third-order valence-corrected chi connectivity index (χ3v) is 16.9. The fourth-order valence-corrected chi connectivity index (χ4v) is 11.4. The molecule has 11 rings (SSSR count). The average molecular weight is 1320 g/mol. The highest BCUT2D eigenvalue weighted by Gasteiger charge is 2.24. The predicted octanol–water partition coefficient (Wildman–Crippen LogP) is 14.4. The molecule has 0 atom stereocenters. The van der Waals surface area contributed by atoms with E-state index in [2.05, 4.69) is 68.4 Å². The van der Waals surface area contributed by atoms with Gasteiger partial charge in [-0.1, -0.05) is 64.8 Å². The second-order valence-corrected chi connectivity index (χ2v) is 24.8. The Hall–Kier alpha value is -8.22. The van der Waals surface area contributed by atoms with Gasteiger partial charge in [0.25, 0.3) is 33.7 Å². The van der Waals surface area contributed by atoms with Gasteiger partial charge >= 0.3 is 0 Å². The highest BCUT2D eigenvalue weighted by atomic mass is 35.5. The van der Waals surface area contributed by atoms with Crippen molar-refractivity contribution in [3.63, 3.8) is 0 Å². The number of hydrogen-bond acceptors (Lipinski definition) is 17. The van der Waals surface area contributed by atoms with Crippen LogP contribution in [0.1, 0.15) is 124 Å². The first kappa shape index (κ1) is 70.2. The third kappa shape index (κ3) is 21.7. The van der Waals surface area contributed by atoms with E-state index in [1.54, 1.807) is 91.3 Å². The van der Waals surface area contributed by atoms with E-state index in [-0.39, 0.29) is 42.6 Å². The maximum absolute atomic E-state index is 12.9. The van der Waals surface area contributed by atoms with Crippen molar-refractivity contribution < 1.29 is 55.5 Å². The van der Waals surface area contributed by atoms with E-state index >= 15 is 0 Å². The third-order valence-electron chi connectivity index (χ3n) is 14.2. The van der Waals surface area contributed by atoms with Crippen molar-refractivity contribution in [1.29, 1.82) is 0 Å². The van der Waals surface area contributed by atoms with Crippen LogP contribution in [-0.2, 0) is 32.1 Å². The highest BCUT2D eigenvalue weighted by molar-refractivity contribution is 7.86. The average Bonchev–Trinajstić information content (AvgIpc) is 2.03. The molecule has 3 aliphatic heterocycles. The number of ether oxygens (including phenoxy) is 5. The van der Waals surface area contributed by atoms with E-state index in [0.29, 0.717) is 88.5 Å². The molecule has 2 aromatic heterocycles. The molecule has 5 N–H and O–H groups in total. The van der Waals surface area contributed by atoms with Gasteiger partial charge in [0.2, 0.25) is 0 Å². The Balaban J connectivity index is 0.000000222. The molecule has 0 bridgehead atoms. The first-order valence-corrected chi connectivity index (χ1v) is 33.6. The number of nitrogens with zero attached hydrogens (tertiary/aromatic N) is 2. The van der Waals surface area contributed by atoms with Crippen LogP contribution in [0.25, 0.3) is 21.1 Å². The van der Waals surface area contributed by atoms with Crippen LogP contribution in [0, 0.1) is 5.92 Å². The molecule has 6 aromatic carbocycles. The number of anilines is 2. The van der Waals surface area contributed by atoms with Gasteiger partial charge in [0.1, 0.15) is 33.0 Å². The van der Waals surface area contributed by atoms with Crippen LogP contribution in [0.3, 0.4) is 0 Å². The van der Waals surface area contributed by atoms with E-state index in [0.717, 1.165) is 88.2 Å². The summed E-state index contributed by atoms with van der Waals surface area (Å²) in [6.45, 7) is 14.7. The SMILES string of the molecule is C1CCOC1.CCC(CC)CCCOc1ccc(-c2ncc(CNC(=O)c3ccc4c(c3)NC(=O)c3ccccc3O4)s2)cc1.CCNCC.CS(=O)(=O)OCCCOc1ccc(-c2ncc(CNC(=O)c3ccc4c(c3)NC(=O)c3ccccc3O4)s2)cc1.Cl. The lowest BCUT2D eigenvalue weighted by molar-refractivity contribution is 0.0943. The molecule has 91 heavy (non-hydrogen) atoms. The van der Waals surface area contributed by atoms with Gasteiger partial charge in [0, 0.05) is 64.0 Å². The summed E-state index contributed by atoms with van der Waals surface area (Å²) in [4.78, 5) is 61.7. The molecule has 19 nitrogen and oxygen atoms in total. The van der Waals surface area contributed by atoms with E-state index < -0.39 is 10.1 Å². The smallest absolute Gasteiger partial charge is 0.264 e. The van der Waals surface area contributed by atoms with Crippen molar-refractivity contribution in [3.8, 4) is 55.6 Å². The maximum atomic E-state index is 12.9. The summed E-state index contributed by atoms with van der Waals surface area (Å²) in [5, 5.41) is 16.3. The van der Waals surface area contributed by atoms with Gasteiger partial charge in [-0.15, -0.1) is 35.1 Å². The van der Waals surface area contributed by atoms with E-state index in [9.17, 15) is 27.6 Å². The Kier molecular flexibility index (Phi) is 27.8. The topological polar surface area (TPSA) is 244 Å². The van der Waals surface area contributed by atoms with Gasteiger partial charge in [-0.05, 0) is 154 Å². The molecule has 0 radical (unpaired) electrons. The van der Waals surface area contributed by atoms with Crippen LogP contribution in [0.4, 0.5) is 11.4 Å². The lowest BCUT2D eigenvalue weighted by Crippen LogP contribution is -2.22. The molecule has 0 aliphatic carbocycles. The van der Waals surface area contributed by atoms with Crippen LogP contribution >= 0.6 is 35.1 Å². The minimum Gasteiger partial charge on any atom is -0.494 e. The van der Waals surface area contributed by atoms with E-state index in [1.165, 1.54) is 54.8 Å². The molecule has 5 heterocycles. The van der Waals surface area contributed by atoms with Gasteiger partial charge in [-0.3, -0.25) is 23.4 Å². The molecule has 1 saturated heterocycles. The summed E-state index contributed by atoms with van der Waals surface area (Å²) in [6, 6.07) is 39.3. The molecule has 8 aromatic rings. The molecule has 0 spiro atoms. The lowest BCUT2D eigenvalue weighted by atomic mass is 9.98. The Bertz CT molecular complexity index is 3750. The number of nitrogens with one attached hydrogen (secondary N) is 5. The van der Waals surface area contributed by atoms with Crippen molar-refractivity contribution >= 4 is 80.2 Å². The van der Waals surface area contributed by atoms with Crippen molar-refractivity contribution in [2.45, 2.75) is 85.7 Å². The zero-order valence-corrected chi connectivity index (χ0v) is 54.9. The standard InChI is InChI=1S/C32H33N3O4S.C28H25N3O7S2.C4H11N.C4H8O.ClH/c1-3-21(4-2)8-7-17-38-24-14-11-22(12-15-24)32-34-20-25(40-32)19-33-30(36)23-13-16-29-27(18-23)35-31(37)26-9-5-6-10-28(26)39-29;1-40(34,35)37-14-4-13-36-20-10-7-18(8-11-20)28-30-17-21(39-28)16-29-26(32)19-9-12-25-23(15-19)31-27(33)22-5-2-3-6-24(22)38-25;1-3-5-4-2;1-2-4-5-3-1;/h5-6,9-16,18,20-21H,3-4,7-8,17,19H2,1-2H3,(H,33,36)(H,35,37);2-3,5-12,15,17H,4,13-14,16H2,1H3,(H,29,32)(H,31,33);5H,3-4H2,1-2H3;1-4H2;1H. The van der Waals surface area contributed by atoms with Gasteiger partial charge in [0.05, 0.1) is 61.7 Å². The molecule has 0 saturated carbocycles. The molecular formula is C68H78ClN7O12S3. The summed E-state index contributed by atoms with van der Waals surface area (Å²) < 4.78 is 54.9. The number of carbonyl (C=O) groups is 4. The normalized spacial score (nSPS) is 12.5. The molecule has 1 fully saturated rings. The quantitative estimate of drug-likeness (QED) is 0.0295. The second-order valence-electron chi connectivity index (χ2n) is 20.9. The summed E-state index contributed by atoms with van der Waals surface area (Å²) in [5.74, 6) is 3.05. The van der Waals surface area contributed by atoms with Crippen LogP contribution in [0.5, 0.6) is 34.5 Å². The second kappa shape index (κ2) is 36.0. The van der Waals surface area contributed by atoms with Gasteiger partial charge in [0.15, 0.2) is 11.5 Å². The largest absolute Gasteiger partial charge is 0.494 e. The fourth-order valence-electron chi connectivity index (χ4n) is 9.27. The van der Waals surface area contributed by atoms with Crippen molar-refractivity contribution in [3.05, 3.63) is 178 Å². The van der Waals surface area contributed by atoms with Crippen LogP contribution in [-0.4, -0.2) is 94.4 Å². The van der Waals surface area contributed by atoms with Gasteiger partial charge < -0.3 is 50.3 Å². The molecular weight excluding hydrogens is 1240 g/mol. The number of carbonyl (C=O) groups excluding carboxylic acids is 4. The predicted molar refractivity (Wildman–Crippen MR) is 360 cm³/mol. The molecule has 482 valence electrons. The zero-order valence-electron chi connectivity index (χ0n) is 51.7. The summed E-state index contributed by atoms with van der Waals surface area (Å²) >= 11 is 2.99. The van der Waals surface area contributed by atoms with E-state index in [1.807, 2.05) is 54.6 Å². The number of thiazole rings is 2. The van der Waals surface area contributed by atoms with Crippen LogP contribution in [0.2, 0.25) is 0 Å². The van der Waals surface area contributed by atoms with Crippen LogP contribution < -0.4 is 45.5 Å². The monoisotopic (exact) mass is 1320 g/mol. The number of hydrogen-bond donors (Lipinski definition) is 5. The Morgan fingerprint density at radius 3 is 1.45 bits per heavy atom. The number of rotatable bonds is 23. The van der Waals surface area contributed by atoms with E-state index in [4.69, 9.17) is 23.7 Å². The molecule has 4 amide bonds. The number of aromatic nitrogens is 2. The Morgan fingerprint density at radius 2 is 1.04 bits per heavy atom. The molecule has 23 heteroatoms. The van der Waals surface area contributed by atoms with Crippen molar-refractivity contribution in [2.24, 2.45) is 5.92 Å².